The zero-order valence-corrected chi connectivity index (χ0v) is 49.7. The highest BCUT2D eigenvalue weighted by atomic mass is 35.5. The van der Waals surface area contributed by atoms with Crippen LogP contribution in [0.2, 0.25) is 0 Å². The van der Waals surface area contributed by atoms with E-state index in [0.717, 1.165) is 41.5 Å². The molecule has 560 valence electrons. The maximum Gasteiger partial charge on any atom is 0.460 e. The lowest BCUT2D eigenvalue weighted by Gasteiger charge is -2.43. The van der Waals surface area contributed by atoms with Crippen molar-refractivity contribution >= 4 is 35.9 Å². The third kappa shape index (κ3) is 19.0. The Bertz CT molecular complexity index is 2570. The summed E-state index contributed by atoms with van der Waals surface area (Å²) in [6.45, 7) is 12.3. The summed E-state index contributed by atoms with van der Waals surface area (Å²) in [5, 5.41) is 9.44. The zero-order valence-electron chi connectivity index (χ0n) is 48.9. The molecule has 0 aliphatic carbocycles. The summed E-state index contributed by atoms with van der Waals surface area (Å²) < 4.78 is 477. The van der Waals surface area contributed by atoms with E-state index in [1.54, 1.807) is 0 Å². The SMILES string of the molecule is CC(C)(C)OC(=O)NC(C(=O)O)C(F)(F)C(F)(F)C(F)(F)C(F)(F)C(F)(F)C(F)(F)C(F)(F)C(F)(F)F.COC(=O)[C@@H](CC(=O)C(NC(=O)OC(C)(C)C)C(F)(F)C(F)(F)C(F)(F)C(F)(F)C(F)(F)C(F)(F)C(F)(F)C(F)(F)F)CC(C)C.COC(=O)[C@@H](N)CC(C)C.[Cl-]. The third-order valence-electron chi connectivity index (χ3n) is 11.1. The van der Waals surface area contributed by atoms with Crippen LogP contribution in [0.5, 0.6) is 0 Å². The van der Waals surface area contributed by atoms with Crippen LogP contribution in [0.1, 0.15) is 88.5 Å². The van der Waals surface area contributed by atoms with Crippen molar-refractivity contribution in [2.75, 3.05) is 14.2 Å². The second-order valence-electron chi connectivity index (χ2n) is 21.9. The lowest BCUT2D eigenvalue weighted by molar-refractivity contribution is -0.462. The number of carbonyl (C=O) groups excluding carboxylic acids is 5. The molecule has 0 aromatic heterocycles. The van der Waals surface area contributed by atoms with Gasteiger partial charge in [0.2, 0.25) is 6.04 Å². The fourth-order valence-electron chi connectivity index (χ4n) is 6.36. The Balaban J connectivity index is -0.000000754. The van der Waals surface area contributed by atoms with Crippen molar-refractivity contribution in [2.24, 2.45) is 23.5 Å². The molecule has 0 saturated heterocycles. The molecule has 0 bridgehead atoms. The predicted molar refractivity (Wildman–Crippen MR) is 239 cm³/mol. The van der Waals surface area contributed by atoms with Gasteiger partial charge in [0, 0.05) is 6.42 Å². The van der Waals surface area contributed by atoms with Crippen LogP contribution in [-0.4, -0.2) is 180 Å². The molecule has 0 rings (SSSR count). The fraction of sp³-hybridized carbons (Fsp3) is 0.867. The summed E-state index contributed by atoms with van der Waals surface area (Å²) in [5.74, 6) is -128. The second kappa shape index (κ2) is 30.1. The van der Waals surface area contributed by atoms with Gasteiger partial charge in [0.1, 0.15) is 17.2 Å². The van der Waals surface area contributed by atoms with E-state index in [2.05, 4.69) is 18.9 Å². The van der Waals surface area contributed by atoms with E-state index in [0.29, 0.717) is 24.8 Å². The number of ketones is 1. The van der Waals surface area contributed by atoms with Crippen LogP contribution in [-0.2, 0) is 38.1 Å². The van der Waals surface area contributed by atoms with Gasteiger partial charge in [-0.2, -0.15) is 149 Å². The average Bonchev–Trinajstić information content (AvgIpc) is 0.701. The molecule has 0 spiro atoms. The molecule has 4 atom stereocenters. The number of Topliss-reactive ketones (excluding diaryl/α,β-unsaturated/α-hetero) is 1. The minimum absolute atomic E-state index is 0. The second-order valence-corrected chi connectivity index (χ2v) is 21.9. The number of hydrogen-bond acceptors (Lipinski definition) is 11. The number of carboxylic acids is 1. The summed E-state index contributed by atoms with van der Waals surface area (Å²) in [6, 6.07) is -9.81. The van der Waals surface area contributed by atoms with E-state index in [1.807, 2.05) is 13.8 Å². The van der Waals surface area contributed by atoms with Gasteiger partial charge in [0.15, 0.2) is 11.8 Å². The van der Waals surface area contributed by atoms with Gasteiger partial charge in [-0.25, -0.2) is 14.4 Å². The maximum atomic E-state index is 15.1. The number of nitrogens with one attached hydrogen (secondary N) is 2. The largest absolute Gasteiger partial charge is 1.00 e. The molecule has 0 fully saturated rings. The first-order valence-electron chi connectivity index (χ1n) is 24.3. The molecule has 0 heterocycles. The van der Waals surface area contributed by atoms with E-state index in [-0.39, 0.29) is 23.7 Å². The van der Waals surface area contributed by atoms with Gasteiger partial charge in [0.25, 0.3) is 0 Å². The maximum absolute atomic E-state index is 15.1. The number of carboxylic acid groups (broad SMARTS) is 1. The average molecular weight is 1490 g/mol. The van der Waals surface area contributed by atoms with Gasteiger partial charge in [0.05, 0.1) is 20.1 Å². The molecule has 0 aromatic rings. The molecule has 2 amide bonds. The number of halogens is 35. The van der Waals surface area contributed by atoms with Gasteiger partial charge in [-0.3, -0.25) is 14.4 Å². The number of carbonyl (C=O) groups is 6. The quantitative estimate of drug-likeness (QED) is 0.0362. The Hall–Kier alpha value is -5.51. The first-order valence-corrected chi connectivity index (χ1v) is 24.3. The number of aliphatic carboxylic acids is 1. The zero-order chi connectivity index (χ0) is 76.3. The smallest absolute Gasteiger partial charge is 0.460 e. The Kier molecular flexibility index (Phi) is 30.4. The number of amides is 2. The topological polar surface area (TPSA) is 210 Å². The van der Waals surface area contributed by atoms with Crippen LogP contribution in [0.15, 0.2) is 0 Å². The van der Waals surface area contributed by atoms with Gasteiger partial charge in [-0.15, -0.1) is 0 Å². The van der Waals surface area contributed by atoms with Crippen molar-refractivity contribution in [1.29, 1.82) is 0 Å². The summed E-state index contributed by atoms with van der Waals surface area (Å²) in [5.41, 5.74) is 1.91. The highest BCUT2D eigenvalue weighted by molar-refractivity contribution is 5.91. The first-order chi connectivity index (χ1) is 40.2. The summed E-state index contributed by atoms with van der Waals surface area (Å²) in [6.07, 6.45) is -22.2. The van der Waals surface area contributed by atoms with Gasteiger partial charge < -0.3 is 52.8 Å². The molecule has 5 N–H and O–H groups in total. The van der Waals surface area contributed by atoms with Crippen LogP contribution >= 0.6 is 0 Å². The molecular weight excluding hydrogens is 1440 g/mol. The molecule has 49 heteroatoms. The third-order valence-corrected chi connectivity index (χ3v) is 11.1. The lowest BCUT2D eigenvalue weighted by Crippen LogP contribution is -3.00. The minimum atomic E-state index is -8.89. The minimum Gasteiger partial charge on any atom is -1.00 e. The molecule has 94 heavy (non-hydrogen) atoms. The van der Waals surface area contributed by atoms with Crippen LogP contribution < -0.4 is 28.8 Å². The summed E-state index contributed by atoms with van der Waals surface area (Å²) in [4.78, 5) is 69.7. The molecular formula is C45H53ClF34N3O11-. The van der Waals surface area contributed by atoms with Gasteiger partial charge in [-0.05, 0) is 66.2 Å². The number of alkyl halides is 34. The van der Waals surface area contributed by atoms with Crippen molar-refractivity contribution in [2.45, 2.75) is 213 Å². The number of alkyl carbamates (subject to hydrolysis) is 2. The molecule has 0 aliphatic rings. The highest BCUT2D eigenvalue weighted by Crippen LogP contribution is 2.66. The normalized spacial score (nSPS) is 15.8. The van der Waals surface area contributed by atoms with E-state index in [4.69, 9.17) is 10.8 Å². The van der Waals surface area contributed by atoms with Crippen molar-refractivity contribution in [3.63, 3.8) is 0 Å². The number of hydrogen-bond donors (Lipinski definition) is 4. The van der Waals surface area contributed by atoms with Crippen LogP contribution in [0.3, 0.4) is 0 Å². The standard InChI is InChI=1S/C23H26F17NO5.C15H12F17NO4.C7H15NO2.ClH/c1-9(2)7-10(13(43)45-6)8-11(42)12(41-14(44)46-15(3,4)5)16(24,25)17(26,27)18(28,29)19(30,31)20(32,33)21(34,35)22(36,37)23(38,39)40;1-7(2,3)37-6(36)33-4(5(34)35)8(16,17)9(18,19)10(20,21)11(22,23)12(24,25)13(26,27)14(28,29)15(30,31)32;1-5(2)4-6(8)7(9)10-3;/h9-10,12H,7-8H2,1-6H3,(H,41,44);4H,1-3H3,(H,33,36)(H,34,35);5-6H,4,8H2,1-3H3;1H/p-1/t10-,12?;;6-;/m1.0./s1. The van der Waals surface area contributed by atoms with E-state index in [1.165, 1.54) is 21.0 Å². The molecule has 2 unspecified atom stereocenters. The van der Waals surface area contributed by atoms with Crippen molar-refractivity contribution < 1.29 is 215 Å². The summed E-state index contributed by atoms with van der Waals surface area (Å²) >= 11 is 0. The lowest BCUT2D eigenvalue weighted by atomic mass is 9.84. The number of methoxy groups -OCH3 is 2. The highest BCUT2D eigenvalue weighted by Gasteiger charge is 2.97. The Morgan fingerprint density at radius 1 is 0.383 bits per heavy atom. The van der Waals surface area contributed by atoms with Gasteiger partial charge in [-0.1, -0.05) is 27.7 Å². The number of nitrogens with two attached hydrogens (primary N) is 1. The van der Waals surface area contributed by atoms with E-state index >= 15 is 8.78 Å². The van der Waals surface area contributed by atoms with Crippen LogP contribution in [0.4, 0.5) is 159 Å². The van der Waals surface area contributed by atoms with Crippen molar-refractivity contribution in [3.8, 4) is 0 Å². The summed E-state index contributed by atoms with van der Waals surface area (Å²) in [7, 11) is 2.00. The molecule has 14 nitrogen and oxygen atoms in total. The molecule has 0 aliphatic heterocycles. The fourth-order valence-corrected chi connectivity index (χ4v) is 6.36. The number of rotatable bonds is 26. The van der Waals surface area contributed by atoms with Crippen molar-refractivity contribution in [3.05, 3.63) is 0 Å². The van der Waals surface area contributed by atoms with Crippen LogP contribution in [0, 0.1) is 17.8 Å². The number of ether oxygens (including phenoxy) is 4. The Morgan fingerprint density at radius 2 is 0.617 bits per heavy atom. The van der Waals surface area contributed by atoms with E-state index < -0.39 is 179 Å². The molecule has 0 aromatic carbocycles. The van der Waals surface area contributed by atoms with Gasteiger partial charge >= 0.3 is 125 Å². The van der Waals surface area contributed by atoms with Crippen LogP contribution in [0.25, 0.3) is 0 Å². The monoisotopic (exact) mass is 1490 g/mol. The number of esters is 2. The van der Waals surface area contributed by atoms with E-state index in [9.17, 15) is 169 Å². The Morgan fingerprint density at radius 3 is 0.840 bits per heavy atom. The molecule has 0 saturated carbocycles. The molecule has 0 radical (unpaired) electrons. The van der Waals surface area contributed by atoms with Crippen molar-refractivity contribution in [1.82, 2.24) is 10.6 Å². The predicted octanol–water partition coefficient (Wildman–Crippen LogP) is 11.2. The Labute approximate surface area is 511 Å². The first kappa shape index (κ1) is 94.9.